The summed E-state index contributed by atoms with van der Waals surface area (Å²) in [7, 11) is -4.70. The van der Waals surface area contributed by atoms with Crippen molar-refractivity contribution >= 4 is 25.7 Å². The number of unbranched alkanes of at least 4 members (excludes halogenated alkanes) is 28. The van der Waals surface area contributed by atoms with E-state index in [0.717, 1.165) is 38.5 Å². The van der Waals surface area contributed by atoms with E-state index in [2.05, 4.69) is 18.4 Å². The van der Waals surface area contributed by atoms with Crippen LogP contribution in [-0.2, 0) is 37.5 Å². The van der Waals surface area contributed by atoms with Crippen molar-refractivity contribution in [2.24, 2.45) is 5.73 Å². The Hall–Kier alpha value is -1.52. The normalized spacial score (nSPS) is 13.7. The quantitative estimate of drug-likeness (QED) is 0.0305. The Morgan fingerprint density at radius 3 is 1.17 bits per heavy atom. The Morgan fingerprint density at radius 1 is 0.500 bits per heavy atom. The molecular formula is C42H82NO10P. The van der Waals surface area contributed by atoms with Gasteiger partial charge in [-0.2, -0.15) is 0 Å². The topological polar surface area (TPSA) is 172 Å². The zero-order valence-corrected chi connectivity index (χ0v) is 35.5. The summed E-state index contributed by atoms with van der Waals surface area (Å²) in [5.74, 6) is -2.37. The number of phosphoric acid groups is 1. The third kappa shape index (κ3) is 37.4. The van der Waals surface area contributed by atoms with E-state index in [1.807, 2.05) is 0 Å². The minimum absolute atomic E-state index is 0.169. The van der Waals surface area contributed by atoms with Gasteiger partial charge in [-0.25, -0.2) is 4.57 Å². The van der Waals surface area contributed by atoms with E-state index < -0.39 is 51.1 Å². The summed E-state index contributed by atoms with van der Waals surface area (Å²) in [6.07, 6.45) is 36.2. The third-order valence-corrected chi connectivity index (χ3v) is 10.8. The zero-order valence-electron chi connectivity index (χ0n) is 34.6. The fraction of sp³-hybridized carbons (Fsp3) is 0.929. The Labute approximate surface area is 329 Å². The van der Waals surface area contributed by atoms with Crippen molar-refractivity contribution in [2.45, 2.75) is 231 Å². The summed E-state index contributed by atoms with van der Waals surface area (Å²) in [5, 5.41) is 8.87. The highest BCUT2D eigenvalue weighted by molar-refractivity contribution is 7.47. The maximum Gasteiger partial charge on any atom is 0.472 e. The van der Waals surface area contributed by atoms with Gasteiger partial charge in [-0.3, -0.25) is 23.4 Å². The summed E-state index contributed by atoms with van der Waals surface area (Å²) in [6.45, 7) is 2.79. The largest absolute Gasteiger partial charge is 0.480 e. The van der Waals surface area contributed by atoms with Crippen LogP contribution in [-0.4, -0.2) is 59.9 Å². The second-order valence-electron chi connectivity index (χ2n) is 15.2. The second-order valence-corrected chi connectivity index (χ2v) is 16.7. The number of carboxylic acid groups (broad SMARTS) is 1. The maximum absolute atomic E-state index is 12.6. The van der Waals surface area contributed by atoms with Gasteiger partial charge in [-0.15, -0.1) is 0 Å². The number of phosphoric ester groups is 1. The van der Waals surface area contributed by atoms with Gasteiger partial charge in [0, 0.05) is 12.8 Å². The van der Waals surface area contributed by atoms with Crippen molar-refractivity contribution in [3.05, 3.63) is 0 Å². The molecule has 0 rings (SSSR count). The lowest BCUT2D eigenvalue weighted by molar-refractivity contribution is -0.161. The summed E-state index contributed by atoms with van der Waals surface area (Å²) in [4.78, 5) is 45.8. The first kappa shape index (κ1) is 52.5. The minimum Gasteiger partial charge on any atom is -0.480 e. The van der Waals surface area contributed by atoms with Gasteiger partial charge in [0.1, 0.15) is 12.6 Å². The maximum atomic E-state index is 12.6. The van der Waals surface area contributed by atoms with Crippen molar-refractivity contribution in [3.8, 4) is 0 Å². The van der Waals surface area contributed by atoms with E-state index in [4.69, 9.17) is 24.8 Å². The molecule has 0 fully saturated rings. The van der Waals surface area contributed by atoms with E-state index in [1.54, 1.807) is 0 Å². The van der Waals surface area contributed by atoms with Crippen LogP contribution in [0.15, 0.2) is 0 Å². The molecule has 4 N–H and O–H groups in total. The molecule has 0 aliphatic carbocycles. The molecule has 320 valence electrons. The molecule has 0 aromatic carbocycles. The van der Waals surface area contributed by atoms with Crippen LogP contribution in [0.4, 0.5) is 0 Å². The van der Waals surface area contributed by atoms with Gasteiger partial charge in [0.2, 0.25) is 0 Å². The molecule has 0 radical (unpaired) electrons. The minimum atomic E-state index is -4.70. The summed E-state index contributed by atoms with van der Waals surface area (Å²) in [5.41, 5.74) is 5.32. The predicted octanol–water partition coefficient (Wildman–Crippen LogP) is 11.5. The van der Waals surface area contributed by atoms with Crippen molar-refractivity contribution in [1.29, 1.82) is 0 Å². The van der Waals surface area contributed by atoms with Gasteiger partial charge in [-0.05, 0) is 12.8 Å². The highest BCUT2D eigenvalue weighted by Gasteiger charge is 2.28. The number of aliphatic carboxylic acids is 1. The molecule has 11 nitrogen and oxygen atoms in total. The van der Waals surface area contributed by atoms with Crippen LogP contribution < -0.4 is 5.73 Å². The number of carboxylic acids is 1. The standard InChI is InChI=1S/C42H82NO10P/c1-3-5-7-9-11-13-14-15-16-17-18-19-20-21-22-23-24-25-26-28-30-32-34-41(45)53-38(36-51-54(48,49)52-37-39(43)42(46)47)35-50-40(44)33-31-29-27-12-10-8-6-4-2/h38-39H,3-37,43H2,1-2H3,(H,46,47)(H,48,49). The van der Waals surface area contributed by atoms with E-state index in [1.165, 1.54) is 141 Å². The molecule has 3 unspecified atom stereocenters. The summed E-state index contributed by atoms with van der Waals surface area (Å²) >= 11 is 0. The van der Waals surface area contributed by atoms with Crippen LogP contribution >= 0.6 is 7.82 Å². The number of nitrogens with two attached hydrogens (primary N) is 1. The first-order valence-corrected chi connectivity index (χ1v) is 23.6. The first-order valence-electron chi connectivity index (χ1n) is 22.1. The van der Waals surface area contributed by atoms with E-state index in [0.29, 0.717) is 12.8 Å². The Morgan fingerprint density at radius 2 is 0.815 bits per heavy atom. The molecule has 0 aromatic heterocycles. The Bertz CT molecular complexity index is 937. The van der Waals surface area contributed by atoms with Crippen LogP contribution in [0.5, 0.6) is 0 Å². The van der Waals surface area contributed by atoms with E-state index in [9.17, 15) is 23.8 Å². The van der Waals surface area contributed by atoms with Crippen molar-refractivity contribution in [1.82, 2.24) is 0 Å². The van der Waals surface area contributed by atoms with Crippen LogP contribution in [0, 0.1) is 0 Å². The lowest BCUT2D eigenvalue weighted by atomic mass is 10.0. The molecule has 0 aliphatic heterocycles. The fourth-order valence-corrected chi connectivity index (χ4v) is 7.14. The average Bonchev–Trinajstić information content (AvgIpc) is 3.14. The van der Waals surface area contributed by atoms with E-state index >= 15 is 0 Å². The molecule has 0 heterocycles. The molecule has 0 aromatic rings. The molecule has 12 heteroatoms. The third-order valence-electron chi connectivity index (χ3n) is 9.86. The number of rotatable bonds is 42. The van der Waals surface area contributed by atoms with Crippen molar-refractivity contribution in [3.63, 3.8) is 0 Å². The summed E-state index contributed by atoms with van der Waals surface area (Å²) in [6, 6.07) is -1.52. The smallest absolute Gasteiger partial charge is 0.472 e. The molecule has 54 heavy (non-hydrogen) atoms. The lowest BCUT2D eigenvalue weighted by Crippen LogP contribution is -2.34. The highest BCUT2D eigenvalue weighted by atomic mass is 31.2. The van der Waals surface area contributed by atoms with Gasteiger partial charge in [0.05, 0.1) is 13.2 Å². The number of esters is 2. The van der Waals surface area contributed by atoms with Crippen LogP contribution in [0.3, 0.4) is 0 Å². The zero-order chi connectivity index (χ0) is 40.0. The molecule has 0 saturated carbocycles. The molecule has 0 spiro atoms. The molecule has 0 amide bonds. The number of hydrogen-bond donors (Lipinski definition) is 3. The molecule has 3 atom stereocenters. The van der Waals surface area contributed by atoms with Crippen LogP contribution in [0.25, 0.3) is 0 Å². The number of carbonyl (C=O) groups is 3. The Balaban J connectivity index is 4.15. The van der Waals surface area contributed by atoms with Gasteiger partial charge in [0.15, 0.2) is 6.10 Å². The highest BCUT2D eigenvalue weighted by Crippen LogP contribution is 2.43. The molecule has 0 saturated heterocycles. The predicted molar refractivity (Wildman–Crippen MR) is 217 cm³/mol. The van der Waals surface area contributed by atoms with Gasteiger partial charge < -0.3 is 25.2 Å². The lowest BCUT2D eigenvalue weighted by Gasteiger charge is -2.20. The monoisotopic (exact) mass is 792 g/mol. The number of ether oxygens (including phenoxy) is 2. The first-order chi connectivity index (χ1) is 26.1. The number of carbonyl (C=O) groups excluding carboxylic acids is 2. The SMILES string of the molecule is CCCCCCCCCCCCCCCCCCCCCCCCC(=O)OC(COC(=O)CCCCCCCCCC)COP(=O)(O)OCC(N)C(=O)O. The van der Waals surface area contributed by atoms with Crippen LogP contribution in [0.1, 0.15) is 219 Å². The molecule has 0 bridgehead atoms. The van der Waals surface area contributed by atoms with Gasteiger partial charge in [-0.1, -0.05) is 194 Å². The average molecular weight is 792 g/mol. The van der Waals surface area contributed by atoms with Crippen LogP contribution in [0.2, 0.25) is 0 Å². The van der Waals surface area contributed by atoms with Crippen molar-refractivity contribution in [2.75, 3.05) is 19.8 Å². The second kappa shape index (κ2) is 38.4. The van der Waals surface area contributed by atoms with Gasteiger partial charge in [0.25, 0.3) is 0 Å². The fourth-order valence-electron chi connectivity index (χ4n) is 6.36. The molecular weight excluding hydrogens is 709 g/mol. The number of hydrogen-bond acceptors (Lipinski definition) is 9. The Kier molecular flexibility index (Phi) is 37.3. The van der Waals surface area contributed by atoms with Crippen molar-refractivity contribution < 1.29 is 47.5 Å². The summed E-state index contributed by atoms with van der Waals surface area (Å²) < 4.78 is 32.6. The van der Waals surface area contributed by atoms with E-state index in [-0.39, 0.29) is 19.4 Å². The van der Waals surface area contributed by atoms with Gasteiger partial charge >= 0.3 is 25.7 Å². The molecule has 0 aliphatic rings.